The van der Waals surface area contributed by atoms with Gasteiger partial charge in [-0.3, -0.25) is 4.79 Å². The second-order valence-corrected chi connectivity index (χ2v) is 7.65. The van der Waals surface area contributed by atoms with E-state index < -0.39 is 0 Å². The van der Waals surface area contributed by atoms with Crippen LogP contribution in [0.15, 0.2) is 78.9 Å². The molecule has 0 fully saturated rings. The highest BCUT2D eigenvalue weighted by molar-refractivity contribution is 5.95. The predicted octanol–water partition coefficient (Wildman–Crippen LogP) is 5.12. The zero-order valence-electron chi connectivity index (χ0n) is 17.3. The van der Waals surface area contributed by atoms with Gasteiger partial charge in [0.15, 0.2) is 11.5 Å². The van der Waals surface area contributed by atoms with Crippen LogP contribution in [-0.4, -0.2) is 30.1 Å². The third-order valence-electron chi connectivity index (χ3n) is 5.47. The van der Waals surface area contributed by atoms with Crippen LogP contribution < -0.4 is 9.47 Å². The van der Waals surface area contributed by atoms with Crippen molar-refractivity contribution in [2.24, 2.45) is 0 Å². The minimum Gasteiger partial charge on any atom is -0.486 e. The van der Waals surface area contributed by atoms with E-state index in [-0.39, 0.29) is 11.9 Å². The number of nitrogens with zero attached hydrogens (tertiary/aromatic N) is 1. The molecule has 0 spiro atoms. The number of aryl methyl sites for hydroxylation is 1. The molecule has 0 radical (unpaired) electrons. The highest BCUT2D eigenvalue weighted by Crippen LogP contribution is 2.31. The monoisotopic (exact) mass is 401 g/mol. The summed E-state index contributed by atoms with van der Waals surface area (Å²) < 4.78 is 11.3. The first-order chi connectivity index (χ1) is 14.7. The first-order valence-electron chi connectivity index (χ1n) is 10.5. The largest absolute Gasteiger partial charge is 0.486 e. The summed E-state index contributed by atoms with van der Waals surface area (Å²) in [5, 5.41) is 0. The fraction of sp³-hybridized carbons (Fsp3) is 0.269. The van der Waals surface area contributed by atoms with Crippen LogP contribution in [0.2, 0.25) is 0 Å². The smallest absolute Gasteiger partial charge is 0.254 e. The van der Waals surface area contributed by atoms with Crippen LogP contribution in [0.25, 0.3) is 0 Å². The molecule has 30 heavy (non-hydrogen) atoms. The molecular formula is C26H27NO3. The van der Waals surface area contributed by atoms with E-state index in [9.17, 15) is 4.79 Å². The number of hydrogen-bond donors (Lipinski definition) is 0. The molecule has 0 saturated carbocycles. The number of carbonyl (C=O) groups excluding carboxylic acids is 1. The van der Waals surface area contributed by atoms with Crippen LogP contribution in [0.3, 0.4) is 0 Å². The summed E-state index contributed by atoms with van der Waals surface area (Å²) >= 11 is 0. The van der Waals surface area contributed by atoms with Crippen molar-refractivity contribution in [1.82, 2.24) is 4.90 Å². The van der Waals surface area contributed by atoms with Gasteiger partial charge in [-0.1, -0.05) is 60.7 Å². The van der Waals surface area contributed by atoms with Crippen molar-refractivity contribution in [3.8, 4) is 11.5 Å². The lowest BCUT2D eigenvalue weighted by Gasteiger charge is -2.30. The zero-order chi connectivity index (χ0) is 20.8. The number of rotatable bonds is 7. The molecule has 0 bridgehead atoms. The van der Waals surface area contributed by atoms with Crippen LogP contribution in [-0.2, 0) is 13.0 Å². The van der Waals surface area contributed by atoms with Crippen LogP contribution in [0.5, 0.6) is 11.5 Å². The van der Waals surface area contributed by atoms with Gasteiger partial charge >= 0.3 is 0 Å². The molecule has 4 rings (SSSR count). The minimum atomic E-state index is 0.0105. The Morgan fingerprint density at radius 1 is 0.867 bits per heavy atom. The second-order valence-electron chi connectivity index (χ2n) is 7.65. The van der Waals surface area contributed by atoms with Gasteiger partial charge in [0.1, 0.15) is 13.2 Å². The van der Waals surface area contributed by atoms with Crippen molar-refractivity contribution in [3.05, 3.63) is 95.6 Å². The van der Waals surface area contributed by atoms with Crippen molar-refractivity contribution < 1.29 is 14.3 Å². The maximum atomic E-state index is 13.5. The number of ether oxygens (including phenoxy) is 2. The van der Waals surface area contributed by atoms with E-state index in [0.717, 1.165) is 18.4 Å². The zero-order valence-corrected chi connectivity index (χ0v) is 17.3. The van der Waals surface area contributed by atoms with Gasteiger partial charge < -0.3 is 14.4 Å². The van der Waals surface area contributed by atoms with Gasteiger partial charge in [-0.05, 0) is 49.1 Å². The molecule has 154 valence electrons. The number of amides is 1. The first-order valence-corrected chi connectivity index (χ1v) is 10.5. The van der Waals surface area contributed by atoms with E-state index in [1.807, 2.05) is 41.3 Å². The summed E-state index contributed by atoms with van der Waals surface area (Å²) in [6, 6.07) is 26.1. The molecule has 3 aromatic carbocycles. The molecule has 1 heterocycles. The highest BCUT2D eigenvalue weighted by Gasteiger charge is 2.24. The van der Waals surface area contributed by atoms with Gasteiger partial charge in [-0.25, -0.2) is 0 Å². The fourth-order valence-corrected chi connectivity index (χ4v) is 3.73. The maximum absolute atomic E-state index is 13.5. The highest BCUT2D eigenvalue weighted by atomic mass is 16.6. The average Bonchev–Trinajstić information content (AvgIpc) is 2.81. The summed E-state index contributed by atoms with van der Waals surface area (Å²) in [5.74, 6) is 1.35. The summed E-state index contributed by atoms with van der Waals surface area (Å²) in [6.07, 6.45) is 1.83. The van der Waals surface area contributed by atoms with Crippen LogP contribution in [0.4, 0.5) is 0 Å². The lowest BCUT2D eigenvalue weighted by molar-refractivity contribution is 0.0666. The Morgan fingerprint density at radius 3 is 2.20 bits per heavy atom. The molecule has 1 aliphatic rings. The summed E-state index contributed by atoms with van der Waals surface area (Å²) in [5.41, 5.74) is 3.03. The Morgan fingerprint density at radius 2 is 1.50 bits per heavy atom. The van der Waals surface area contributed by atoms with E-state index in [1.54, 1.807) is 6.07 Å². The first kappa shape index (κ1) is 20.0. The molecule has 1 atom stereocenters. The Balaban J connectivity index is 1.55. The van der Waals surface area contributed by atoms with Crippen LogP contribution in [0.1, 0.15) is 34.8 Å². The minimum absolute atomic E-state index is 0.0105. The third kappa shape index (κ3) is 4.82. The predicted molar refractivity (Wildman–Crippen MR) is 118 cm³/mol. The van der Waals surface area contributed by atoms with Gasteiger partial charge in [0.2, 0.25) is 0 Å². The SMILES string of the molecule is C[C@@H](CCc1ccccc1)N(Cc1ccccc1)C(=O)c1ccc2c(c1)OCCO2. The molecule has 0 unspecified atom stereocenters. The Hall–Kier alpha value is -3.27. The van der Waals surface area contributed by atoms with Crippen molar-refractivity contribution in [3.63, 3.8) is 0 Å². The molecular weight excluding hydrogens is 374 g/mol. The lowest BCUT2D eigenvalue weighted by Crippen LogP contribution is -2.38. The average molecular weight is 402 g/mol. The van der Waals surface area contributed by atoms with Crippen molar-refractivity contribution in [2.45, 2.75) is 32.4 Å². The van der Waals surface area contributed by atoms with E-state index >= 15 is 0 Å². The summed E-state index contributed by atoms with van der Waals surface area (Å²) in [4.78, 5) is 15.5. The number of fused-ring (bicyclic) bond motifs is 1. The number of hydrogen-bond acceptors (Lipinski definition) is 3. The summed E-state index contributed by atoms with van der Waals surface area (Å²) in [6.45, 7) is 3.74. The molecule has 1 amide bonds. The molecule has 1 aliphatic heterocycles. The maximum Gasteiger partial charge on any atom is 0.254 e. The molecule has 0 aliphatic carbocycles. The molecule has 0 N–H and O–H groups in total. The fourth-order valence-electron chi connectivity index (χ4n) is 3.73. The normalized spacial score (nSPS) is 13.5. The second kappa shape index (κ2) is 9.49. The van der Waals surface area contributed by atoms with Gasteiger partial charge in [-0.15, -0.1) is 0 Å². The van der Waals surface area contributed by atoms with Crippen molar-refractivity contribution in [1.29, 1.82) is 0 Å². The molecule has 0 saturated heterocycles. The van der Waals surface area contributed by atoms with Gasteiger partial charge in [0.25, 0.3) is 5.91 Å². The standard InChI is InChI=1S/C26H27NO3/c1-20(12-13-21-8-4-2-5-9-21)27(19-22-10-6-3-7-11-22)26(28)23-14-15-24-25(18-23)30-17-16-29-24/h2-11,14-15,18,20H,12-13,16-17,19H2,1H3/t20-/m0/s1. The lowest BCUT2D eigenvalue weighted by atomic mass is 10.0. The van der Waals surface area contributed by atoms with E-state index in [4.69, 9.17) is 9.47 Å². The van der Waals surface area contributed by atoms with Gasteiger partial charge in [-0.2, -0.15) is 0 Å². The van der Waals surface area contributed by atoms with Gasteiger partial charge in [0.05, 0.1) is 0 Å². The number of benzene rings is 3. The van der Waals surface area contributed by atoms with Crippen LogP contribution in [0, 0.1) is 0 Å². The quantitative estimate of drug-likeness (QED) is 0.551. The van der Waals surface area contributed by atoms with Crippen LogP contribution >= 0.6 is 0 Å². The summed E-state index contributed by atoms with van der Waals surface area (Å²) in [7, 11) is 0. The Labute approximate surface area is 178 Å². The van der Waals surface area contributed by atoms with E-state index in [2.05, 4.69) is 43.3 Å². The Bertz CT molecular complexity index is 972. The van der Waals surface area contributed by atoms with Crippen molar-refractivity contribution >= 4 is 5.91 Å². The number of carbonyl (C=O) groups is 1. The molecule has 4 nitrogen and oxygen atoms in total. The Kier molecular flexibility index (Phi) is 6.33. The third-order valence-corrected chi connectivity index (χ3v) is 5.47. The van der Waals surface area contributed by atoms with E-state index in [1.165, 1.54) is 5.56 Å². The van der Waals surface area contributed by atoms with Gasteiger partial charge in [0, 0.05) is 18.2 Å². The molecule has 0 aromatic heterocycles. The van der Waals surface area contributed by atoms with Crippen molar-refractivity contribution in [2.75, 3.05) is 13.2 Å². The molecule has 3 aromatic rings. The van der Waals surface area contributed by atoms with E-state index in [0.29, 0.717) is 36.8 Å². The topological polar surface area (TPSA) is 38.8 Å². The molecule has 4 heteroatoms.